The monoisotopic (exact) mass is 249 g/mol. The molecule has 0 amide bonds. The van der Waals surface area contributed by atoms with Crippen molar-refractivity contribution in [2.45, 2.75) is 39.5 Å². The van der Waals surface area contributed by atoms with E-state index in [4.69, 9.17) is 4.74 Å². The quantitative estimate of drug-likeness (QED) is 0.796. The highest BCUT2D eigenvalue weighted by Gasteiger charge is 2.13. The van der Waals surface area contributed by atoms with E-state index in [2.05, 4.69) is 44.8 Å². The maximum Gasteiger partial charge on any atom is 0.146 e. The molecule has 0 atom stereocenters. The van der Waals surface area contributed by atoms with Crippen molar-refractivity contribution in [2.24, 2.45) is 0 Å². The number of benzene rings is 1. The molecule has 2 aromatic rings. The number of methoxy groups -OCH3 is 1. The minimum Gasteiger partial charge on any atom is -0.494 e. The molecular formula is C14H19NOS. The van der Waals surface area contributed by atoms with Crippen molar-refractivity contribution in [2.75, 3.05) is 7.11 Å². The fraction of sp³-hybridized carbons (Fsp3) is 0.500. The molecule has 0 fully saturated rings. The molecule has 0 bridgehead atoms. The standard InChI is InChI=1S/C14H19NOS/c1-8(2)10-6-11(16-5)13-12(7-10)17-14(15-13)9(3)4/h6-9H,1-5H3. The fourth-order valence-electron chi connectivity index (χ4n) is 1.77. The van der Waals surface area contributed by atoms with Gasteiger partial charge < -0.3 is 4.74 Å². The smallest absolute Gasteiger partial charge is 0.146 e. The molecule has 17 heavy (non-hydrogen) atoms. The van der Waals surface area contributed by atoms with E-state index in [-0.39, 0.29) is 0 Å². The minimum atomic E-state index is 0.472. The lowest BCUT2D eigenvalue weighted by molar-refractivity contribution is 0.418. The van der Waals surface area contributed by atoms with E-state index in [9.17, 15) is 0 Å². The summed E-state index contributed by atoms with van der Waals surface area (Å²) in [4.78, 5) is 4.68. The fourth-order valence-corrected chi connectivity index (χ4v) is 2.81. The maximum atomic E-state index is 5.46. The number of fused-ring (bicyclic) bond motifs is 1. The van der Waals surface area contributed by atoms with Gasteiger partial charge in [0.15, 0.2) is 0 Å². The molecule has 3 heteroatoms. The van der Waals surface area contributed by atoms with Crippen LogP contribution in [0.2, 0.25) is 0 Å². The summed E-state index contributed by atoms with van der Waals surface area (Å²) in [5, 5.41) is 1.18. The van der Waals surface area contributed by atoms with E-state index >= 15 is 0 Å². The Hall–Kier alpha value is -1.09. The number of aromatic nitrogens is 1. The van der Waals surface area contributed by atoms with E-state index in [0.29, 0.717) is 11.8 Å². The van der Waals surface area contributed by atoms with Gasteiger partial charge in [0.1, 0.15) is 11.3 Å². The SMILES string of the molecule is COc1cc(C(C)C)cc2sc(C(C)C)nc12. The molecule has 0 unspecified atom stereocenters. The van der Waals surface area contributed by atoms with Gasteiger partial charge in [-0.15, -0.1) is 11.3 Å². The molecule has 1 aromatic carbocycles. The van der Waals surface area contributed by atoms with Gasteiger partial charge in [0.25, 0.3) is 0 Å². The summed E-state index contributed by atoms with van der Waals surface area (Å²) in [6.07, 6.45) is 0. The van der Waals surface area contributed by atoms with Crippen molar-refractivity contribution in [3.8, 4) is 5.75 Å². The van der Waals surface area contributed by atoms with Crippen LogP contribution >= 0.6 is 11.3 Å². The van der Waals surface area contributed by atoms with E-state index in [0.717, 1.165) is 11.3 Å². The highest BCUT2D eigenvalue weighted by Crippen LogP contribution is 2.35. The molecule has 0 spiro atoms. The van der Waals surface area contributed by atoms with Crippen molar-refractivity contribution in [1.29, 1.82) is 0 Å². The van der Waals surface area contributed by atoms with Gasteiger partial charge in [0, 0.05) is 5.92 Å². The Kier molecular flexibility index (Phi) is 3.38. The Morgan fingerprint density at radius 2 is 1.82 bits per heavy atom. The topological polar surface area (TPSA) is 22.1 Å². The van der Waals surface area contributed by atoms with Gasteiger partial charge in [-0.3, -0.25) is 0 Å². The molecule has 92 valence electrons. The second-order valence-corrected chi connectivity index (χ2v) is 5.99. The van der Waals surface area contributed by atoms with Gasteiger partial charge in [-0.2, -0.15) is 0 Å². The first-order valence-corrected chi connectivity index (χ1v) is 6.83. The molecule has 0 saturated carbocycles. The van der Waals surface area contributed by atoms with Crippen LogP contribution in [-0.4, -0.2) is 12.1 Å². The first kappa shape index (κ1) is 12.4. The van der Waals surface area contributed by atoms with Crippen LogP contribution in [0.25, 0.3) is 10.2 Å². The summed E-state index contributed by atoms with van der Waals surface area (Å²) in [6.45, 7) is 8.75. The highest BCUT2D eigenvalue weighted by atomic mass is 32.1. The molecule has 0 N–H and O–H groups in total. The van der Waals surface area contributed by atoms with E-state index in [1.54, 1.807) is 18.4 Å². The summed E-state index contributed by atoms with van der Waals surface area (Å²) >= 11 is 1.78. The lowest BCUT2D eigenvalue weighted by Crippen LogP contribution is -1.91. The number of rotatable bonds is 3. The van der Waals surface area contributed by atoms with Crippen LogP contribution < -0.4 is 4.74 Å². The third-order valence-electron chi connectivity index (χ3n) is 2.88. The van der Waals surface area contributed by atoms with Gasteiger partial charge in [0.2, 0.25) is 0 Å². The van der Waals surface area contributed by atoms with Crippen LogP contribution in [-0.2, 0) is 0 Å². The van der Waals surface area contributed by atoms with Crippen molar-refractivity contribution in [3.05, 3.63) is 22.7 Å². The molecule has 1 heterocycles. The van der Waals surface area contributed by atoms with E-state index in [1.165, 1.54) is 15.3 Å². The van der Waals surface area contributed by atoms with Gasteiger partial charge in [0.05, 0.1) is 16.8 Å². The second kappa shape index (κ2) is 4.65. The number of hydrogen-bond donors (Lipinski definition) is 0. The zero-order valence-electron chi connectivity index (χ0n) is 11.1. The number of thiazole rings is 1. The summed E-state index contributed by atoms with van der Waals surface area (Å²) in [6, 6.07) is 4.35. The summed E-state index contributed by atoms with van der Waals surface area (Å²) in [5.41, 5.74) is 2.32. The molecule has 0 saturated heterocycles. The molecule has 0 radical (unpaired) electrons. The van der Waals surface area contributed by atoms with Crippen LogP contribution in [0.15, 0.2) is 12.1 Å². The van der Waals surface area contributed by atoms with Gasteiger partial charge in [-0.25, -0.2) is 4.98 Å². The van der Waals surface area contributed by atoms with Crippen molar-refractivity contribution >= 4 is 21.6 Å². The van der Waals surface area contributed by atoms with Gasteiger partial charge in [-0.05, 0) is 23.6 Å². The summed E-state index contributed by atoms with van der Waals surface area (Å²) in [5.74, 6) is 1.88. The van der Waals surface area contributed by atoms with Crippen LogP contribution in [0.5, 0.6) is 5.75 Å². The first-order valence-electron chi connectivity index (χ1n) is 6.01. The average Bonchev–Trinajstić information content (AvgIpc) is 2.71. The van der Waals surface area contributed by atoms with Crippen molar-refractivity contribution in [1.82, 2.24) is 4.98 Å². The molecule has 1 aromatic heterocycles. The molecule has 0 aliphatic carbocycles. The zero-order chi connectivity index (χ0) is 12.6. The van der Waals surface area contributed by atoms with Crippen molar-refractivity contribution in [3.63, 3.8) is 0 Å². The minimum absolute atomic E-state index is 0.472. The van der Waals surface area contributed by atoms with E-state index in [1.807, 2.05) is 0 Å². The van der Waals surface area contributed by atoms with E-state index < -0.39 is 0 Å². The number of hydrogen-bond acceptors (Lipinski definition) is 3. The molecule has 0 aliphatic heterocycles. The molecular weight excluding hydrogens is 230 g/mol. The summed E-state index contributed by atoms with van der Waals surface area (Å²) in [7, 11) is 1.72. The first-order chi connectivity index (χ1) is 8.02. The molecule has 0 aliphatic rings. The van der Waals surface area contributed by atoms with Gasteiger partial charge in [-0.1, -0.05) is 27.7 Å². The van der Waals surface area contributed by atoms with Gasteiger partial charge >= 0.3 is 0 Å². The van der Waals surface area contributed by atoms with Crippen LogP contribution in [0.1, 0.15) is 50.1 Å². The Labute approximate surface area is 107 Å². The van der Waals surface area contributed by atoms with Crippen LogP contribution in [0.3, 0.4) is 0 Å². The lowest BCUT2D eigenvalue weighted by atomic mass is 10.0. The third-order valence-corrected chi connectivity index (χ3v) is 4.18. The predicted octanol–water partition coefficient (Wildman–Crippen LogP) is 4.55. The Bertz CT molecular complexity index is 528. The van der Waals surface area contributed by atoms with Crippen LogP contribution in [0, 0.1) is 0 Å². The molecule has 2 nitrogen and oxygen atoms in total. The predicted molar refractivity (Wildman–Crippen MR) is 74.4 cm³/mol. The van der Waals surface area contributed by atoms with Crippen molar-refractivity contribution < 1.29 is 4.74 Å². The highest BCUT2D eigenvalue weighted by molar-refractivity contribution is 7.18. The molecule has 2 rings (SSSR count). The Morgan fingerprint density at radius 1 is 1.12 bits per heavy atom. The Balaban J connectivity index is 2.65. The number of nitrogens with zero attached hydrogens (tertiary/aromatic N) is 1. The number of ether oxygens (including phenoxy) is 1. The normalized spacial score (nSPS) is 11.7. The average molecular weight is 249 g/mol. The second-order valence-electron chi connectivity index (χ2n) is 4.93. The Morgan fingerprint density at radius 3 is 2.35 bits per heavy atom. The largest absolute Gasteiger partial charge is 0.494 e. The third kappa shape index (κ3) is 2.29. The zero-order valence-corrected chi connectivity index (χ0v) is 11.9. The summed E-state index contributed by atoms with van der Waals surface area (Å²) < 4.78 is 6.69. The van der Waals surface area contributed by atoms with Crippen LogP contribution in [0.4, 0.5) is 0 Å². The maximum absolute atomic E-state index is 5.46. The lowest BCUT2D eigenvalue weighted by Gasteiger charge is -2.08.